The maximum atomic E-state index is 13.1. The molecule has 0 saturated carbocycles. The van der Waals surface area contributed by atoms with Crippen LogP contribution in [0.2, 0.25) is 0 Å². The van der Waals surface area contributed by atoms with Gasteiger partial charge in [0, 0.05) is 27.9 Å². The van der Waals surface area contributed by atoms with Crippen LogP contribution in [0.1, 0.15) is 27.2 Å². The van der Waals surface area contributed by atoms with Crippen molar-refractivity contribution in [2.45, 2.75) is 18.7 Å². The third-order valence-electron chi connectivity index (χ3n) is 5.70. The highest BCUT2D eigenvalue weighted by Crippen LogP contribution is 2.23. The SMILES string of the molecule is Cc1cccc(NC(=O)CSc2cccc(NC(=O)/C(=C/c3ccco3)NC(=O)c3ccccc3)c2)c1C. The number of rotatable bonds is 9. The standard InChI is InChI=1S/C30H27N3O4S/c1-20-9-6-15-26(21(20)2)32-28(34)19-38-25-14-7-12-23(17-25)31-30(36)27(18-24-13-8-16-37-24)33-29(35)22-10-4-3-5-11-22/h3-18H,19H2,1-2H3,(H,31,36)(H,32,34)(H,33,35)/b27-18-. The Bertz CT molecular complexity index is 1460. The highest BCUT2D eigenvalue weighted by atomic mass is 32.2. The summed E-state index contributed by atoms with van der Waals surface area (Å²) in [5.41, 5.74) is 3.91. The Labute approximate surface area is 225 Å². The van der Waals surface area contributed by atoms with E-state index >= 15 is 0 Å². The topological polar surface area (TPSA) is 100 Å². The van der Waals surface area contributed by atoms with Crippen molar-refractivity contribution in [1.82, 2.24) is 5.32 Å². The molecule has 8 heteroatoms. The largest absolute Gasteiger partial charge is 0.465 e. The van der Waals surface area contributed by atoms with Crippen molar-refractivity contribution in [3.05, 3.63) is 119 Å². The molecule has 38 heavy (non-hydrogen) atoms. The summed E-state index contributed by atoms with van der Waals surface area (Å²) in [7, 11) is 0. The first-order valence-electron chi connectivity index (χ1n) is 11.9. The van der Waals surface area contributed by atoms with Gasteiger partial charge < -0.3 is 20.4 Å². The fraction of sp³-hybridized carbons (Fsp3) is 0.100. The van der Waals surface area contributed by atoms with Gasteiger partial charge in [-0.1, -0.05) is 36.4 Å². The van der Waals surface area contributed by atoms with Gasteiger partial charge in [-0.15, -0.1) is 11.8 Å². The van der Waals surface area contributed by atoms with Gasteiger partial charge in [0.1, 0.15) is 11.5 Å². The molecule has 0 spiro atoms. The predicted molar refractivity (Wildman–Crippen MR) is 151 cm³/mol. The van der Waals surface area contributed by atoms with Crippen LogP contribution in [0.25, 0.3) is 6.08 Å². The van der Waals surface area contributed by atoms with E-state index in [1.807, 2.05) is 38.1 Å². The van der Waals surface area contributed by atoms with Gasteiger partial charge in [0.25, 0.3) is 11.8 Å². The molecule has 0 atom stereocenters. The number of thioether (sulfide) groups is 1. The maximum absolute atomic E-state index is 13.1. The van der Waals surface area contributed by atoms with Crippen molar-refractivity contribution in [3.8, 4) is 0 Å². The second-order valence-corrected chi connectivity index (χ2v) is 9.51. The summed E-state index contributed by atoms with van der Waals surface area (Å²) in [5, 5.41) is 8.43. The summed E-state index contributed by atoms with van der Waals surface area (Å²) in [6.07, 6.45) is 2.95. The first-order valence-corrected chi connectivity index (χ1v) is 12.9. The highest BCUT2D eigenvalue weighted by molar-refractivity contribution is 8.00. The molecule has 0 bridgehead atoms. The fourth-order valence-corrected chi connectivity index (χ4v) is 4.30. The Morgan fingerprint density at radius 2 is 1.66 bits per heavy atom. The monoisotopic (exact) mass is 525 g/mol. The van der Waals surface area contributed by atoms with Gasteiger partial charge in [-0.05, 0) is 73.5 Å². The molecule has 3 amide bonds. The van der Waals surface area contributed by atoms with Crippen LogP contribution in [-0.4, -0.2) is 23.5 Å². The first kappa shape index (κ1) is 26.5. The third-order valence-corrected chi connectivity index (χ3v) is 6.69. The van der Waals surface area contributed by atoms with E-state index in [4.69, 9.17) is 4.42 Å². The molecule has 1 heterocycles. The van der Waals surface area contributed by atoms with Gasteiger partial charge in [0.15, 0.2) is 0 Å². The zero-order chi connectivity index (χ0) is 26.9. The van der Waals surface area contributed by atoms with Crippen LogP contribution in [0.3, 0.4) is 0 Å². The second-order valence-electron chi connectivity index (χ2n) is 8.46. The normalized spacial score (nSPS) is 11.1. The van der Waals surface area contributed by atoms with Crippen molar-refractivity contribution in [2.75, 3.05) is 16.4 Å². The lowest BCUT2D eigenvalue weighted by atomic mass is 10.1. The number of aryl methyl sites for hydroxylation is 1. The minimum atomic E-state index is -0.513. The van der Waals surface area contributed by atoms with Gasteiger partial charge in [0.2, 0.25) is 5.91 Å². The maximum Gasteiger partial charge on any atom is 0.272 e. The number of hydrogen-bond acceptors (Lipinski definition) is 5. The summed E-state index contributed by atoms with van der Waals surface area (Å²) in [4.78, 5) is 39.2. The summed E-state index contributed by atoms with van der Waals surface area (Å²) < 4.78 is 5.33. The van der Waals surface area contributed by atoms with E-state index in [2.05, 4.69) is 16.0 Å². The minimum absolute atomic E-state index is 0.0276. The lowest BCUT2D eigenvalue weighted by Gasteiger charge is -2.12. The van der Waals surface area contributed by atoms with Gasteiger partial charge in [0.05, 0.1) is 12.0 Å². The molecule has 0 aliphatic rings. The van der Waals surface area contributed by atoms with Gasteiger partial charge in [-0.3, -0.25) is 14.4 Å². The quantitative estimate of drug-likeness (QED) is 0.183. The molecular weight excluding hydrogens is 498 g/mol. The number of hydrogen-bond donors (Lipinski definition) is 3. The molecule has 4 aromatic rings. The number of amides is 3. The zero-order valence-electron chi connectivity index (χ0n) is 21.0. The molecule has 0 unspecified atom stereocenters. The molecule has 0 aliphatic carbocycles. The summed E-state index contributed by atoms with van der Waals surface area (Å²) in [5.74, 6) is -0.423. The molecule has 0 saturated heterocycles. The fourth-order valence-electron chi connectivity index (χ4n) is 3.54. The number of nitrogens with one attached hydrogen (secondary N) is 3. The van der Waals surface area contributed by atoms with E-state index in [0.717, 1.165) is 21.7 Å². The van der Waals surface area contributed by atoms with E-state index in [-0.39, 0.29) is 17.4 Å². The predicted octanol–water partition coefficient (Wildman–Crippen LogP) is 6.04. The molecular formula is C30H27N3O4S. The molecule has 0 radical (unpaired) electrons. The van der Waals surface area contributed by atoms with Crippen LogP contribution in [0.15, 0.2) is 106 Å². The lowest BCUT2D eigenvalue weighted by molar-refractivity contribution is -0.114. The van der Waals surface area contributed by atoms with Crippen LogP contribution < -0.4 is 16.0 Å². The van der Waals surface area contributed by atoms with Crippen molar-refractivity contribution in [1.29, 1.82) is 0 Å². The average Bonchev–Trinajstić information content (AvgIpc) is 3.44. The highest BCUT2D eigenvalue weighted by Gasteiger charge is 2.16. The number of furan rings is 1. The minimum Gasteiger partial charge on any atom is -0.465 e. The number of anilines is 2. The second kappa shape index (κ2) is 12.6. The van der Waals surface area contributed by atoms with Crippen LogP contribution in [0.4, 0.5) is 11.4 Å². The van der Waals surface area contributed by atoms with E-state index in [9.17, 15) is 14.4 Å². The first-order chi connectivity index (χ1) is 18.4. The van der Waals surface area contributed by atoms with E-state index in [1.54, 1.807) is 60.7 Å². The summed E-state index contributed by atoms with van der Waals surface area (Å²) in [6, 6.07) is 25.0. The molecule has 4 rings (SSSR count). The number of carbonyl (C=O) groups is 3. The Kier molecular flexibility index (Phi) is 8.79. The Morgan fingerprint density at radius 1 is 0.868 bits per heavy atom. The molecule has 1 aromatic heterocycles. The molecule has 7 nitrogen and oxygen atoms in total. The molecule has 3 aromatic carbocycles. The average molecular weight is 526 g/mol. The Balaban J connectivity index is 1.41. The smallest absolute Gasteiger partial charge is 0.272 e. The van der Waals surface area contributed by atoms with Crippen LogP contribution >= 0.6 is 11.8 Å². The van der Waals surface area contributed by atoms with Crippen LogP contribution in [0, 0.1) is 13.8 Å². The lowest BCUT2D eigenvalue weighted by Crippen LogP contribution is -2.30. The van der Waals surface area contributed by atoms with Gasteiger partial charge >= 0.3 is 0 Å². The summed E-state index contributed by atoms with van der Waals surface area (Å²) >= 11 is 1.36. The molecule has 0 aliphatic heterocycles. The van der Waals surface area contributed by atoms with Crippen LogP contribution in [0.5, 0.6) is 0 Å². The van der Waals surface area contributed by atoms with Crippen molar-refractivity contribution >= 4 is 46.9 Å². The number of benzene rings is 3. The van der Waals surface area contributed by atoms with Gasteiger partial charge in [-0.2, -0.15) is 0 Å². The molecule has 3 N–H and O–H groups in total. The summed E-state index contributed by atoms with van der Waals surface area (Å²) in [6.45, 7) is 3.98. The molecule has 192 valence electrons. The van der Waals surface area contributed by atoms with E-state index < -0.39 is 11.8 Å². The zero-order valence-corrected chi connectivity index (χ0v) is 21.8. The van der Waals surface area contributed by atoms with Gasteiger partial charge in [-0.25, -0.2) is 0 Å². The Morgan fingerprint density at radius 3 is 2.42 bits per heavy atom. The van der Waals surface area contributed by atoms with E-state index in [0.29, 0.717) is 17.0 Å². The van der Waals surface area contributed by atoms with Crippen molar-refractivity contribution < 1.29 is 18.8 Å². The van der Waals surface area contributed by atoms with Crippen molar-refractivity contribution in [2.24, 2.45) is 0 Å². The third kappa shape index (κ3) is 7.24. The molecule has 0 fully saturated rings. The Hall–Kier alpha value is -4.56. The van der Waals surface area contributed by atoms with Crippen LogP contribution in [-0.2, 0) is 9.59 Å². The van der Waals surface area contributed by atoms with E-state index in [1.165, 1.54) is 24.1 Å². The number of carbonyl (C=O) groups excluding carboxylic acids is 3. The van der Waals surface area contributed by atoms with Crippen molar-refractivity contribution in [3.63, 3.8) is 0 Å².